The van der Waals surface area contributed by atoms with Crippen LogP contribution < -0.4 is 21.6 Å². The predicted octanol–water partition coefficient (Wildman–Crippen LogP) is 6.55. The SMILES string of the molecule is [2H]C(Nc1cc(Cl)c2ncc(C#N)c(N[C@H](C)c3ccccc3)c2c1)(C1=CN(C2CC2)NN1)c1ccc(F)cc1. The Kier molecular flexibility index (Phi) is 6.37. The molecule has 9 heteroatoms. The molecule has 4 N–H and O–H groups in total. The summed E-state index contributed by atoms with van der Waals surface area (Å²) in [6.07, 6.45) is 5.52. The van der Waals surface area contributed by atoms with Crippen LogP contribution in [0.2, 0.25) is 5.02 Å². The molecule has 1 aromatic heterocycles. The summed E-state index contributed by atoms with van der Waals surface area (Å²) < 4.78 is 23.4. The zero-order chi connectivity index (χ0) is 27.9. The molecule has 39 heavy (non-hydrogen) atoms. The molecule has 3 aromatic carbocycles. The number of anilines is 2. The van der Waals surface area contributed by atoms with Crippen LogP contribution in [0.5, 0.6) is 0 Å². The van der Waals surface area contributed by atoms with E-state index < -0.39 is 6.02 Å². The maximum absolute atomic E-state index is 13.8. The lowest BCUT2D eigenvalue weighted by atomic mass is 10.0. The topological polar surface area (TPSA) is 88.0 Å². The van der Waals surface area contributed by atoms with Gasteiger partial charge >= 0.3 is 0 Å². The van der Waals surface area contributed by atoms with E-state index in [0.29, 0.717) is 50.2 Å². The van der Waals surface area contributed by atoms with Crippen molar-refractivity contribution >= 4 is 33.9 Å². The number of hydrogen-bond acceptors (Lipinski definition) is 7. The molecule has 1 saturated carbocycles. The van der Waals surface area contributed by atoms with Gasteiger partial charge in [0.05, 0.1) is 34.9 Å². The van der Waals surface area contributed by atoms with Crippen molar-refractivity contribution in [3.8, 4) is 6.07 Å². The van der Waals surface area contributed by atoms with Gasteiger partial charge in [-0.05, 0) is 55.2 Å². The van der Waals surface area contributed by atoms with Crippen molar-refractivity contribution in [1.82, 2.24) is 21.0 Å². The Labute approximate surface area is 232 Å². The van der Waals surface area contributed by atoms with E-state index >= 15 is 0 Å². The van der Waals surface area contributed by atoms with Crippen molar-refractivity contribution in [2.24, 2.45) is 0 Å². The van der Waals surface area contributed by atoms with Crippen LogP contribution in [0.4, 0.5) is 15.8 Å². The Morgan fingerprint density at radius 3 is 2.62 bits per heavy atom. The fourth-order valence-corrected chi connectivity index (χ4v) is 4.94. The molecule has 196 valence electrons. The molecule has 0 bridgehead atoms. The predicted molar refractivity (Wildman–Crippen MR) is 152 cm³/mol. The molecule has 1 aliphatic heterocycles. The van der Waals surface area contributed by atoms with Crippen LogP contribution in [0.15, 0.2) is 84.8 Å². The molecule has 0 radical (unpaired) electrons. The summed E-state index contributed by atoms with van der Waals surface area (Å²) in [6, 6.07) is 20.3. The summed E-state index contributed by atoms with van der Waals surface area (Å²) in [4.78, 5) is 4.46. The lowest BCUT2D eigenvalue weighted by molar-refractivity contribution is 0.260. The number of hydrogen-bond donors (Lipinski definition) is 4. The third-order valence-electron chi connectivity index (χ3n) is 6.91. The summed E-state index contributed by atoms with van der Waals surface area (Å²) in [6.45, 7) is 2.02. The van der Waals surface area contributed by atoms with Crippen LogP contribution in [0.3, 0.4) is 0 Å². The first-order valence-corrected chi connectivity index (χ1v) is 13.1. The minimum atomic E-state index is -1.52. The molecule has 1 unspecified atom stereocenters. The van der Waals surface area contributed by atoms with Crippen molar-refractivity contribution in [3.63, 3.8) is 0 Å². The van der Waals surface area contributed by atoms with E-state index in [1.165, 1.54) is 18.3 Å². The number of nitrogens with one attached hydrogen (secondary N) is 4. The molecular weight excluding hydrogens is 513 g/mol. The van der Waals surface area contributed by atoms with Crippen molar-refractivity contribution in [2.45, 2.75) is 37.9 Å². The van der Waals surface area contributed by atoms with Gasteiger partial charge in [-0.25, -0.2) is 4.39 Å². The number of benzene rings is 3. The van der Waals surface area contributed by atoms with Gasteiger partial charge in [-0.15, -0.1) is 5.53 Å². The molecule has 6 rings (SSSR count). The largest absolute Gasteiger partial charge is 0.377 e. The van der Waals surface area contributed by atoms with Gasteiger partial charge in [0.25, 0.3) is 0 Å². The third-order valence-corrected chi connectivity index (χ3v) is 7.19. The number of nitrogens with zero attached hydrogens (tertiary/aromatic N) is 3. The van der Waals surface area contributed by atoms with Crippen LogP contribution in [-0.4, -0.2) is 16.0 Å². The highest BCUT2D eigenvalue weighted by Gasteiger charge is 2.32. The third kappa shape index (κ3) is 5.19. The van der Waals surface area contributed by atoms with E-state index in [2.05, 4.69) is 32.6 Å². The second-order valence-corrected chi connectivity index (χ2v) is 10.1. The van der Waals surface area contributed by atoms with Gasteiger partial charge in [-0.2, -0.15) is 5.26 Å². The van der Waals surface area contributed by atoms with Gasteiger partial charge in [0.2, 0.25) is 0 Å². The standard InChI is InChI=1S/C30H27ClFN7/c1-18(19-5-3-2-4-6-19)35-28-21(15-33)16-34-30-25(28)13-23(14-26(30)31)36-29(20-7-9-22(32)10-8-20)27-17-39(38-37-27)24-11-12-24/h2-10,13-14,16-18,24,29,36-38H,11-12H2,1H3,(H,34,35)/t18-,29?/m1/s1/i29D. The lowest BCUT2D eigenvalue weighted by Gasteiger charge is -2.23. The van der Waals surface area contributed by atoms with Crippen molar-refractivity contribution in [3.05, 3.63) is 112 Å². The van der Waals surface area contributed by atoms with Crippen molar-refractivity contribution in [2.75, 3.05) is 10.6 Å². The van der Waals surface area contributed by atoms with Gasteiger partial charge in [0.1, 0.15) is 11.9 Å². The van der Waals surface area contributed by atoms with E-state index in [9.17, 15) is 11.0 Å². The second-order valence-electron chi connectivity index (χ2n) is 9.71. The van der Waals surface area contributed by atoms with E-state index in [0.717, 1.165) is 18.4 Å². The maximum Gasteiger partial charge on any atom is 0.123 e. The smallest absolute Gasteiger partial charge is 0.123 e. The molecule has 2 aliphatic rings. The van der Waals surface area contributed by atoms with Crippen LogP contribution in [0.1, 0.15) is 49.9 Å². The summed E-state index contributed by atoms with van der Waals surface area (Å²) in [5.74, 6) is -0.385. The van der Waals surface area contributed by atoms with Gasteiger partial charge in [0, 0.05) is 35.6 Å². The lowest BCUT2D eigenvalue weighted by Crippen LogP contribution is -2.38. The monoisotopic (exact) mass is 540 g/mol. The maximum atomic E-state index is 13.8. The summed E-state index contributed by atoms with van der Waals surface area (Å²) in [7, 11) is 0. The van der Waals surface area contributed by atoms with Crippen molar-refractivity contribution < 1.29 is 5.76 Å². The van der Waals surface area contributed by atoms with E-state index in [1.54, 1.807) is 18.2 Å². The first-order chi connectivity index (χ1) is 19.4. The highest BCUT2D eigenvalue weighted by molar-refractivity contribution is 6.35. The number of halogens is 2. The number of fused-ring (bicyclic) bond motifs is 1. The number of aromatic nitrogens is 1. The minimum Gasteiger partial charge on any atom is -0.377 e. The average molecular weight is 541 g/mol. The zero-order valence-electron chi connectivity index (χ0n) is 22.2. The Morgan fingerprint density at radius 2 is 1.90 bits per heavy atom. The highest BCUT2D eigenvalue weighted by atomic mass is 35.5. The molecule has 2 atom stereocenters. The van der Waals surface area contributed by atoms with Gasteiger partial charge in [0.15, 0.2) is 0 Å². The second kappa shape index (κ2) is 10.4. The Hall–Kier alpha value is -4.32. The Balaban J connectivity index is 1.43. The van der Waals surface area contributed by atoms with Crippen LogP contribution >= 0.6 is 11.6 Å². The van der Waals surface area contributed by atoms with Crippen molar-refractivity contribution in [1.29, 1.82) is 5.26 Å². The fourth-order valence-electron chi connectivity index (χ4n) is 4.67. The zero-order valence-corrected chi connectivity index (χ0v) is 21.9. The molecule has 7 nitrogen and oxygen atoms in total. The van der Waals surface area contributed by atoms with Crippen LogP contribution in [0.25, 0.3) is 10.9 Å². The molecule has 1 aliphatic carbocycles. The van der Waals surface area contributed by atoms with Gasteiger partial charge in [-0.3, -0.25) is 9.99 Å². The number of nitriles is 1. The molecule has 2 heterocycles. The molecule has 1 fully saturated rings. The summed E-state index contributed by atoms with van der Waals surface area (Å²) in [5.41, 5.74) is 10.4. The molecule has 0 spiro atoms. The van der Waals surface area contributed by atoms with E-state index in [4.69, 9.17) is 11.6 Å². The average Bonchev–Trinajstić information content (AvgIpc) is 3.69. The molecular formula is C30H27ClFN7. The first-order valence-electron chi connectivity index (χ1n) is 13.3. The summed E-state index contributed by atoms with van der Waals surface area (Å²) in [5, 5.41) is 19.7. The molecule has 0 amide bonds. The fraction of sp³-hybridized carbons (Fsp3) is 0.200. The highest BCUT2D eigenvalue weighted by Crippen LogP contribution is 2.37. The number of hydrazine groups is 2. The molecule has 0 saturated heterocycles. The first kappa shape index (κ1) is 23.8. The Bertz CT molecular complexity index is 1640. The summed E-state index contributed by atoms with van der Waals surface area (Å²) >= 11 is 6.74. The van der Waals surface area contributed by atoms with Crippen LogP contribution in [0, 0.1) is 17.1 Å². The minimum absolute atomic E-state index is 0.101. The van der Waals surface area contributed by atoms with E-state index in [-0.39, 0.29) is 11.9 Å². The van der Waals surface area contributed by atoms with E-state index in [1.807, 2.05) is 54.5 Å². The quantitative estimate of drug-likeness (QED) is 0.201. The van der Waals surface area contributed by atoms with Crippen LogP contribution in [-0.2, 0) is 0 Å². The van der Waals surface area contributed by atoms with Gasteiger partial charge in [-0.1, -0.05) is 54.1 Å². The van der Waals surface area contributed by atoms with Gasteiger partial charge < -0.3 is 16.1 Å². The molecule has 4 aromatic rings. The number of rotatable bonds is 8. The normalized spacial score (nSPS) is 17.4. The number of pyridine rings is 1. The Morgan fingerprint density at radius 1 is 1.13 bits per heavy atom.